The number of aromatic nitrogens is 1. The van der Waals surface area contributed by atoms with Crippen molar-refractivity contribution in [2.45, 2.75) is 18.2 Å². The van der Waals surface area contributed by atoms with Crippen LogP contribution in [0.5, 0.6) is 0 Å². The summed E-state index contributed by atoms with van der Waals surface area (Å²) in [7, 11) is 0. The number of thiazole rings is 1. The standard InChI is InChI=1S/C24H21N3O2S2/c1-16(28)25-18-10-12-20(13-11-18)30-15-23(29)26-19-8-6-17(7-9-19)14-24-27-21-4-2-3-5-22(21)31-24/h2-13H,14-15H2,1H3,(H,25,28)(H,26,29). The van der Waals surface area contributed by atoms with Gasteiger partial charge in [-0.15, -0.1) is 23.1 Å². The number of carbonyl (C=O) groups excluding carboxylic acids is 2. The van der Waals surface area contributed by atoms with Crippen molar-refractivity contribution in [3.8, 4) is 0 Å². The largest absolute Gasteiger partial charge is 0.326 e. The van der Waals surface area contributed by atoms with E-state index in [1.54, 1.807) is 11.3 Å². The number of fused-ring (bicyclic) bond motifs is 1. The Bertz CT molecular complexity index is 1170. The van der Waals surface area contributed by atoms with Gasteiger partial charge in [-0.05, 0) is 54.1 Å². The summed E-state index contributed by atoms with van der Waals surface area (Å²) in [6, 6.07) is 23.5. The molecule has 0 spiro atoms. The van der Waals surface area contributed by atoms with Crippen molar-refractivity contribution in [3.63, 3.8) is 0 Å². The highest BCUT2D eigenvalue weighted by atomic mass is 32.2. The number of amides is 2. The van der Waals surface area contributed by atoms with Gasteiger partial charge in [-0.1, -0.05) is 24.3 Å². The molecule has 0 aliphatic heterocycles. The molecular weight excluding hydrogens is 426 g/mol. The third kappa shape index (κ3) is 5.93. The summed E-state index contributed by atoms with van der Waals surface area (Å²) in [4.78, 5) is 29.0. The van der Waals surface area contributed by atoms with Crippen LogP contribution in [0, 0.1) is 0 Å². The average molecular weight is 448 g/mol. The molecule has 0 aliphatic carbocycles. The Morgan fingerprint density at radius 1 is 0.903 bits per heavy atom. The number of hydrogen-bond acceptors (Lipinski definition) is 5. The SMILES string of the molecule is CC(=O)Nc1ccc(SCC(=O)Nc2ccc(Cc3nc4ccccc4s3)cc2)cc1. The Labute approximate surface area is 188 Å². The summed E-state index contributed by atoms with van der Waals surface area (Å²) >= 11 is 3.16. The van der Waals surface area contributed by atoms with Crippen LogP contribution >= 0.6 is 23.1 Å². The lowest BCUT2D eigenvalue weighted by atomic mass is 10.1. The summed E-state index contributed by atoms with van der Waals surface area (Å²) in [6.07, 6.45) is 0.776. The maximum absolute atomic E-state index is 12.3. The van der Waals surface area contributed by atoms with E-state index in [9.17, 15) is 9.59 Å². The molecule has 156 valence electrons. The molecule has 4 rings (SSSR count). The van der Waals surface area contributed by atoms with Gasteiger partial charge in [0.1, 0.15) is 0 Å². The lowest BCUT2D eigenvalue weighted by molar-refractivity contribution is -0.114. The van der Waals surface area contributed by atoms with Crippen molar-refractivity contribution < 1.29 is 9.59 Å². The Balaban J connectivity index is 1.28. The van der Waals surface area contributed by atoms with Crippen LogP contribution in [-0.2, 0) is 16.0 Å². The van der Waals surface area contributed by atoms with E-state index in [0.717, 1.165) is 38.8 Å². The molecule has 0 radical (unpaired) electrons. The normalized spacial score (nSPS) is 10.7. The fourth-order valence-corrected chi connectivity index (χ4v) is 4.76. The van der Waals surface area contributed by atoms with E-state index in [4.69, 9.17) is 0 Å². The van der Waals surface area contributed by atoms with E-state index in [-0.39, 0.29) is 11.8 Å². The predicted molar refractivity (Wildman–Crippen MR) is 129 cm³/mol. The number of benzene rings is 3. The van der Waals surface area contributed by atoms with Crippen LogP contribution in [0.1, 0.15) is 17.5 Å². The first-order valence-corrected chi connectivity index (χ1v) is 11.6. The second-order valence-electron chi connectivity index (χ2n) is 6.99. The number of carbonyl (C=O) groups is 2. The van der Waals surface area contributed by atoms with Gasteiger partial charge in [0, 0.05) is 29.6 Å². The fraction of sp³-hybridized carbons (Fsp3) is 0.125. The molecule has 31 heavy (non-hydrogen) atoms. The molecule has 0 aliphatic rings. The lowest BCUT2D eigenvalue weighted by Crippen LogP contribution is -2.13. The van der Waals surface area contributed by atoms with Gasteiger partial charge < -0.3 is 10.6 Å². The van der Waals surface area contributed by atoms with Crippen molar-refractivity contribution in [2.24, 2.45) is 0 Å². The molecule has 0 bridgehead atoms. The average Bonchev–Trinajstić information content (AvgIpc) is 3.16. The molecule has 0 unspecified atom stereocenters. The van der Waals surface area contributed by atoms with Crippen LogP contribution in [0.2, 0.25) is 0 Å². The number of anilines is 2. The van der Waals surface area contributed by atoms with E-state index in [0.29, 0.717) is 5.75 Å². The van der Waals surface area contributed by atoms with Crippen molar-refractivity contribution in [1.82, 2.24) is 4.98 Å². The maximum atomic E-state index is 12.3. The van der Waals surface area contributed by atoms with Crippen LogP contribution < -0.4 is 10.6 Å². The van der Waals surface area contributed by atoms with Gasteiger partial charge in [0.2, 0.25) is 11.8 Å². The minimum absolute atomic E-state index is 0.0603. The fourth-order valence-electron chi connectivity index (χ4n) is 3.06. The molecule has 0 saturated heterocycles. The first-order valence-electron chi connectivity index (χ1n) is 9.79. The van der Waals surface area contributed by atoms with Gasteiger partial charge in [-0.2, -0.15) is 0 Å². The molecular formula is C24H21N3O2S2. The Hall–Kier alpha value is -3.16. The number of nitrogens with one attached hydrogen (secondary N) is 2. The van der Waals surface area contributed by atoms with Gasteiger partial charge in [-0.3, -0.25) is 9.59 Å². The first kappa shape index (κ1) is 21.1. The Morgan fingerprint density at radius 3 is 2.29 bits per heavy atom. The highest BCUT2D eigenvalue weighted by Gasteiger charge is 2.07. The van der Waals surface area contributed by atoms with Gasteiger partial charge in [-0.25, -0.2) is 4.98 Å². The van der Waals surface area contributed by atoms with Crippen molar-refractivity contribution >= 4 is 56.5 Å². The molecule has 7 heteroatoms. The molecule has 0 saturated carbocycles. The summed E-state index contributed by atoms with van der Waals surface area (Å²) in [5, 5.41) is 6.74. The van der Waals surface area contributed by atoms with E-state index < -0.39 is 0 Å². The van der Waals surface area contributed by atoms with Crippen LogP contribution in [0.4, 0.5) is 11.4 Å². The molecule has 2 amide bonds. The van der Waals surface area contributed by atoms with E-state index in [2.05, 4.69) is 21.7 Å². The first-order chi connectivity index (χ1) is 15.0. The minimum atomic E-state index is -0.106. The smallest absolute Gasteiger partial charge is 0.234 e. The van der Waals surface area contributed by atoms with Gasteiger partial charge >= 0.3 is 0 Å². The zero-order chi connectivity index (χ0) is 21.6. The highest BCUT2D eigenvalue weighted by Crippen LogP contribution is 2.24. The quantitative estimate of drug-likeness (QED) is 0.363. The van der Waals surface area contributed by atoms with E-state index in [1.165, 1.54) is 23.4 Å². The van der Waals surface area contributed by atoms with Gasteiger partial charge in [0.15, 0.2) is 0 Å². The van der Waals surface area contributed by atoms with Crippen molar-refractivity contribution in [3.05, 3.63) is 83.4 Å². The van der Waals surface area contributed by atoms with Crippen LogP contribution in [0.25, 0.3) is 10.2 Å². The molecule has 5 nitrogen and oxygen atoms in total. The third-order valence-electron chi connectivity index (χ3n) is 4.48. The summed E-state index contributed by atoms with van der Waals surface area (Å²) in [5.74, 6) is 0.146. The van der Waals surface area contributed by atoms with Crippen molar-refractivity contribution in [2.75, 3.05) is 16.4 Å². The zero-order valence-electron chi connectivity index (χ0n) is 16.9. The highest BCUT2D eigenvalue weighted by molar-refractivity contribution is 8.00. The molecule has 1 aromatic heterocycles. The second-order valence-corrected chi connectivity index (χ2v) is 9.16. The Kier molecular flexibility index (Phi) is 6.64. The monoisotopic (exact) mass is 447 g/mol. The molecule has 3 aromatic carbocycles. The number of nitrogens with zero attached hydrogens (tertiary/aromatic N) is 1. The van der Waals surface area contributed by atoms with E-state index in [1.807, 2.05) is 66.7 Å². The lowest BCUT2D eigenvalue weighted by Gasteiger charge is -2.07. The summed E-state index contributed by atoms with van der Waals surface area (Å²) in [5.41, 5.74) is 3.71. The molecule has 0 atom stereocenters. The molecule has 4 aromatic rings. The number of hydrogen-bond donors (Lipinski definition) is 2. The number of para-hydroxylation sites is 1. The van der Waals surface area contributed by atoms with E-state index >= 15 is 0 Å². The molecule has 2 N–H and O–H groups in total. The molecule has 0 fully saturated rings. The Morgan fingerprint density at radius 2 is 1.58 bits per heavy atom. The maximum Gasteiger partial charge on any atom is 0.234 e. The van der Waals surface area contributed by atoms with Crippen LogP contribution in [0.15, 0.2) is 77.7 Å². The summed E-state index contributed by atoms with van der Waals surface area (Å²) in [6.45, 7) is 1.47. The molecule has 1 heterocycles. The zero-order valence-corrected chi connectivity index (χ0v) is 18.6. The topological polar surface area (TPSA) is 71.1 Å². The second kappa shape index (κ2) is 9.76. The third-order valence-corrected chi connectivity index (χ3v) is 6.52. The predicted octanol–water partition coefficient (Wildman–Crippen LogP) is 5.58. The minimum Gasteiger partial charge on any atom is -0.326 e. The number of rotatable bonds is 7. The van der Waals surface area contributed by atoms with Gasteiger partial charge in [0.05, 0.1) is 21.0 Å². The van der Waals surface area contributed by atoms with Crippen LogP contribution in [-0.4, -0.2) is 22.6 Å². The van der Waals surface area contributed by atoms with Crippen molar-refractivity contribution in [1.29, 1.82) is 0 Å². The number of thioether (sulfide) groups is 1. The van der Waals surface area contributed by atoms with Gasteiger partial charge in [0.25, 0.3) is 0 Å². The van der Waals surface area contributed by atoms with Crippen LogP contribution in [0.3, 0.4) is 0 Å². The summed E-state index contributed by atoms with van der Waals surface area (Å²) < 4.78 is 1.20.